The number of benzene rings is 2. The molecule has 0 spiro atoms. The molecule has 150 valence electrons. The zero-order valence-corrected chi connectivity index (χ0v) is 17.2. The first kappa shape index (κ1) is 20.4. The maximum absolute atomic E-state index is 13.2. The molecule has 0 saturated carbocycles. The van der Waals surface area contributed by atoms with E-state index >= 15 is 0 Å². The summed E-state index contributed by atoms with van der Waals surface area (Å²) >= 11 is 0. The standard InChI is InChI=1S/C20H25FN4O2S/c1-14(2)25-19-10-9-18(11-16(19)12-22-25)28(26,27)23-13-20(24(3)4)15-5-7-17(21)8-6-15/h5-12,14,20,23H,13H2,1-4H3/t20-/m1/s1. The fraction of sp³-hybridized carbons (Fsp3) is 0.350. The number of rotatable bonds is 7. The molecule has 0 aliphatic rings. The molecule has 3 rings (SSSR count). The Bertz CT molecular complexity index is 1060. The van der Waals surface area contributed by atoms with Gasteiger partial charge in [0.25, 0.3) is 0 Å². The van der Waals surface area contributed by atoms with Gasteiger partial charge in [0, 0.05) is 24.0 Å². The lowest BCUT2D eigenvalue weighted by atomic mass is 10.1. The van der Waals surface area contributed by atoms with Gasteiger partial charge in [-0.1, -0.05) is 12.1 Å². The SMILES string of the molecule is CC(C)n1ncc2cc(S(=O)(=O)NC[C@H](c3ccc(F)cc3)N(C)C)ccc21. The first-order valence-corrected chi connectivity index (χ1v) is 10.6. The summed E-state index contributed by atoms with van der Waals surface area (Å²) < 4.78 is 43.3. The van der Waals surface area contributed by atoms with Crippen LogP contribution in [0.3, 0.4) is 0 Å². The lowest BCUT2D eigenvalue weighted by Gasteiger charge is -2.25. The molecule has 3 aromatic rings. The molecule has 0 radical (unpaired) electrons. The molecule has 6 nitrogen and oxygen atoms in total. The van der Waals surface area contributed by atoms with Crippen molar-refractivity contribution < 1.29 is 12.8 Å². The van der Waals surface area contributed by atoms with Gasteiger partial charge in [0.05, 0.1) is 16.6 Å². The van der Waals surface area contributed by atoms with Crippen LogP contribution in [0, 0.1) is 5.82 Å². The molecule has 2 aromatic carbocycles. The Hall–Kier alpha value is -2.29. The maximum atomic E-state index is 13.2. The second-order valence-corrected chi connectivity index (χ2v) is 9.05. The Balaban J connectivity index is 1.82. The molecular weight excluding hydrogens is 379 g/mol. The summed E-state index contributed by atoms with van der Waals surface area (Å²) in [6.07, 6.45) is 1.68. The van der Waals surface area contributed by atoms with Gasteiger partial charge in [0.15, 0.2) is 0 Å². The molecular formula is C20H25FN4O2S. The quantitative estimate of drug-likeness (QED) is 0.656. The third-order valence-corrected chi connectivity index (χ3v) is 6.13. The molecule has 0 aliphatic heterocycles. The van der Waals surface area contributed by atoms with Gasteiger partial charge in [0.1, 0.15) is 5.82 Å². The van der Waals surface area contributed by atoms with E-state index in [0.717, 1.165) is 16.5 Å². The minimum atomic E-state index is -3.70. The summed E-state index contributed by atoms with van der Waals surface area (Å²) in [6, 6.07) is 11.1. The first-order valence-electron chi connectivity index (χ1n) is 9.08. The van der Waals surface area contributed by atoms with Crippen molar-refractivity contribution in [2.24, 2.45) is 0 Å². The summed E-state index contributed by atoms with van der Waals surface area (Å²) in [7, 11) is 0.0164. The normalized spacial score (nSPS) is 13.5. The lowest BCUT2D eigenvalue weighted by molar-refractivity contribution is 0.299. The van der Waals surface area contributed by atoms with Gasteiger partial charge in [-0.3, -0.25) is 4.68 Å². The van der Waals surface area contributed by atoms with E-state index in [0.29, 0.717) is 0 Å². The summed E-state index contributed by atoms with van der Waals surface area (Å²) in [6.45, 7) is 4.22. The van der Waals surface area contributed by atoms with Crippen molar-refractivity contribution in [3.05, 3.63) is 60.0 Å². The lowest BCUT2D eigenvalue weighted by Crippen LogP contribution is -2.34. The highest BCUT2D eigenvalue weighted by atomic mass is 32.2. The Morgan fingerprint density at radius 3 is 2.43 bits per heavy atom. The van der Waals surface area contributed by atoms with Crippen LogP contribution in [0.25, 0.3) is 10.9 Å². The highest BCUT2D eigenvalue weighted by Gasteiger charge is 2.20. The molecule has 0 bridgehead atoms. The zero-order chi connectivity index (χ0) is 20.5. The van der Waals surface area contributed by atoms with Crippen molar-refractivity contribution in [2.45, 2.75) is 30.8 Å². The van der Waals surface area contributed by atoms with Gasteiger partial charge in [-0.2, -0.15) is 5.10 Å². The van der Waals surface area contributed by atoms with Crippen LogP contribution in [0.2, 0.25) is 0 Å². The second-order valence-electron chi connectivity index (χ2n) is 7.29. The largest absolute Gasteiger partial charge is 0.301 e. The third-order valence-electron chi connectivity index (χ3n) is 4.71. The maximum Gasteiger partial charge on any atom is 0.240 e. The van der Waals surface area contributed by atoms with Crippen molar-refractivity contribution in [1.29, 1.82) is 0 Å². The topological polar surface area (TPSA) is 67.2 Å². The highest BCUT2D eigenvalue weighted by Crippen LogP contribution is 2.23. The third kappa shape index (κ3) is 4.24. The molecule has 0 saturated heterocycles. The predicted octanol–water partition coefficient (Wildman–Crippen LogP) is 3.34. The van der Waals surface area contributed by atoms with Gasteiger partial charge in [0.2, 0.25) is 10.0 Å². The molecule has 0 fully saturated rings. The van der Waals surface area contributed by atoms with E-state index in [1.165, 1.54) is 12.1 Å². The smallest absolute Gasteiger partial charge is 0.240 e. The zero-order valence-electron chi connectivity index (χ0n) is 16.4. The fourth-order valence-corrected chi connectivity index (χ4v) is 4.24. The number of likely N-dealkylation sites (N-methyl/N-ethyl adjacent to an activating group) is 1. The number of fused-ring (bicyclic) bond motifs is 1. The van der Waals surface area contributed by atoms with Crippen molar-refractivity contribution in [3.8, 4) is 0 Å². The molecule has 1 aromatic heterocycles. The van der Waals surface area contributed by atoms with Crippen LogP contribution in [0.15, 0.2) is 53.6 Å². The van der Waals surface area contributed by atoms with Crippen LogP contribution in [-0.4, -0.2) is 43.7 Å². The Morgan fingerprint density at radius 1 is 1.14 bits per heavy atom. The minimum absolute atomic E-state index is 0.171. The molecule has 1 N–H and O–H groups in total. The van der Waals surface area contributed by atoms with Gasteiger partial charge in [-0.15, -0.1) is 0 Å². The van der Waals surface area contributed by atoms with Crippen LogP contribution < -0.4 is 4.72 Å². The van der Waals surface area contributed by atoms with Crippen LogP contribution in [-0.2, 0) is 10.0 Å². The summed E-state index contributed by atoms with van der Waals surface area (Å²) in [5.41, 5.74) is 1.73. The molecule has 1 heterocycles. The van der Waals surface area contributed by atoms with Gasteiger partial charge in [-0.25, -0.2) is 17.5 Å². The first-order chi connectivity index (χ1) is 13.2. The Morgan fingerprint density at radius 2 is 1.82 bits per heavy atom. The number of sulfonamides is 1. The van der Waals surface area contributed by atoms with Crippen LogP contribution >= 0.6 is 0 Å². The predicted molar refractivity (Wildman–Crippen MR) is 108 cm³/mol. The van der Waals surface area contributed by atoms with Crippen molar-refractivity contribution >= 4 is 20.9 Å². The van der Waals surface area contributed by atoms with Crippen LogP contribution in [0.4, 0.5) is 4.39 Å². The van der Waals surface area contributed by atoms with Crippen molar-refractivity contribution in [2.75, 3.05) is 20.6 Å². The van der Waals surface area contributed by atoms with E-state index in [2.05, 4.69) is 9.82 Å². The number of hydrogen-bond acceptors (Lipinski definition) is 4. The van der Waals surface area contributed by atoms with Gasteiger partial charge in [-0.05, 0) is 63.8 Å². The Kier molecular flexibility index (Phi) is 5.83. The number of nitrogens with one attached hydrogen (secondary N) is 1. The van der Waals surface area contributed by atoms with Gasteiger partial charge >= 0.3 is 0 Å². The van der Waals surface area contributed by atoms with Gasteiger partial charge < -0.3 is 4.90 Å². The summed E-state index contributed by atoms with van der Waals surface area (Å²) in [4.78, 5) is 2.09. The Labute approximate surface area is 165 Å². The van der Waals surface area contributed by atoms with E-state index in [9.17, 15) is 12.8 Å². The molecule has 0 unspecified atom stereocenters. The number of aromatic nitrogens is 2. The number of nitrogens with zero attached hydrogens (tertiary/aromatic N) is 3. The number of hydrogen-bond donors (Lipinski definition) is 1. The molecule has 8 heteroatoms. The second kappa shape index (κ2) is 7.98. The highest BCUT2D eigenvalue weighted by molar-refractivity contribution is 7.89. The average Bonchev–Trinajstić information content (AvgIpc) is 3.06. The van der Waals surface area contributed by atoms with Crippen LogP contribution in [0.1, 0.15) is 31.5 Å². The minimum Gasteiger partial charge on any atom is -0.301 e. The monoisotopic (exact) mass is 404 g/mol. The van der Waals surface area contributed by atoms with E-state index in [1.807, 2.05) is 37.5 Å². The van der Waals surface area contributed by atoms with E-state index in [-0.39, 0.29) is 29.3 Å². The fourth-order valence-electron chi connectivity index (χ4n) is 3.17. The molecule has 28 heavy (non-hydrogen) atoms. The summed E-state index contributed by atoms with van der Waals surface area (Å²) in [5, 5.41) is 5.10. The van der Waals surface area contributed by atoms with Crippen LogP contribution in [0.5, 0.6) is 0 Å². The number of halogens is 1. The molecule has 1 atom stereocenters. The van der Waals surface area contributed by atoms with Crippen molar-refractivity contribution in [1.82, 2.24) is 19.4 Å². The van der Waals surface area contributed by atoms with E-state index in [1.54, 1.807) is 36.5 Å². The van der Waals surface area contributed by atoms with E-state index in [4.69, 9.17) is 0 Å². The van der Waals surface area contributed by atoms with E-state index < -0.39 is 10.0 Å². The summed E-state index contributed by atoms with van der Waals surface area (Å²) in [5.74, 6) is -0.322. The molecule has 0 amide bonds. The average molecular weight is 405 g/mol. The van der Waals surface area contributed by atoms with Crippen molar-refractivity contribution in [3.63, 3.8) is 0 Å². The molecule has 0 aliphatic carbocycles.